The number of nitrogens with zero attached hydrogens (tertiary/aromatic N) is 2. The van der Waals surface area contributed by atoms with Crippen LogP contribution in [-0.4, -0.2) is 46.5 Å². The normalized spacial score (nSPS) is 12.9. The van der Waals surface area contributed by atoms with Gasteiger partial charge in [-0.25, -0.2) is 4.98 Å². The first-order valence-corrected chi connectivity index (χ1v) is 16.2. The summed E-state index contributed by atoms with van der Waals surface area (Å²) in [5.74, 6) is 0.131. The summed E-state index contributed by atoms with van der Waals surface area (Å²) < 4.78 is 56.8. The van der Waals surface area contributed by atoms with Crippen LogP contribution in [0.2, 0.25) is 0 Å². The van der Waals surface area contributed by atoms with E-state index in [1.165, 1.54) is 13.8 Å². The average molecular weight is 630 g/mol. The number of carbonyl (C=O) groups is 1. The lowest BCUT2D eigenvalue weighted by molar-refractivity contribution is -0.136. The third-order valence-electron chi connectivity index (χ3n) is 7.30. The topological polar surface area (TPSA) is 134 Å². The lowest BCUT2D eigenvalue weighted by Crippen LogP contribution is -2.21. The molecule has 0 spiro atoms. The monoisotopic (exact) mass is 629 g/mol. The van der Waals surface area contributed by atoms with E-state index in [1.807, 2.05) is 30.3 Å². The first-order valence-electron chi connectivity index (χ1n) is 14.6. The molecule has 1 atom stereocenters. The van der Waals surface area contributed by atoms with E-state index in [0.717, 1.165) is 33.9 Å². The summed E-state index contributed by atoms with van der Waals surface area (Å²) >= 11 is 0. The number of aryl methyl sites for hydroxylation is 1. The minimum Gasteiger partial charge on any atom is -0.494 e. The molecule has 3 N–H and O–H groups in total. The van der Waals surface area contributed by atoms with Crippen LogP contribution in [0.15, 0.2) is 54.7 Å². The van der Waals surface area contributed by atoms with Crippen LogP contribution in [0.1, 0.15) is 62.6 Å². The van der Waals surface area contributed by atoms with Gasteiger partial charge in [-0.05, 0) is 80.0 Å². The Kier molecular flexibility index (Phi) is 10.9. The van der Waals surface area contributed by atoms with Crippen molar-refractivity contribution in [3.63, 3.8) is 0 Å². The van der Waals surface area contributed by atoms with Gasteiger partial charge in [0.2, 0.25) is 0 Å². The van der Waals surface area contributed by atoms with Gasteiger partial charge in [-0.15, -0.1) is 0 Å². The summed E-state index contributed by atoms with van der Waals surface area (Å²) in [6, 6.07) is 15.3. The molecule has 2 aromatic carbocycles. The maximum atomic E-state index is 14.5. The van der Waals surface area contributed by atoms with Crippen LogP contribution >= 0.6 is 7.60 Å². The Morgan fingerprint density at radius 2 is 1.73 bits per heavy atom. The van der Waals surface area contributed by atoms with E-state index in [-0.39, 0.29) is 38.6 Å². The molecule has 4 aromatic rings. The number of carboxylic acids is 1. The van der Waals surface area contributed by atoms with Gasteiger partial charge in [0.05, 0.1) is 25.3 Å². The van der Waals surface area contributed by atoms with Crippen molar-refractivity contribution in [1.82, 2.24) is 9.97 Å². The Labute approximate surface area is 255 Å². The number of aliphatic carboxylic acids is 1. The Morgan fingerprint density at radius 1 is 1.05 bits per heavy atom. The molecule has 0 aliphatic carbocycles. The van der Waals surface area contributed by atoms with Crippen LogP contribution in [-0.2, 0) is 31.2 Å². The molecule has 2 heterocycles. The van der Waals surface area contributed by atoms with E-state index in [4.69, 9.17) is 24.6 Å². The van der Waals surface area contributed by atoms with E-state index in [0.29, 0.717) is 29.0 Å². The Bertz CT molecular complexity index is 1640. The summed E-state index contributed by atoms with van der Waals surface area (Å²) in [6.07, 6.45) is 2.28. The summed E-state index contributed by atoms with van der Waals surface area (Å²) in [7, 11) is -4.54. The number of alkyl halides is 2. The third-order valence-corrected chi connectivity index (χ3v) is 9.52. The van der Waals surface area contributed by atoms with E-state index < -0.39 is 25.6 Å². The zero-order chi connectivity index (χ0) is 31.9. The first kappa shape index (κ1) is 33.2. The standard InChI is InChI=1S/C32H38F2N3O6P/c1-4-42-44(40,43-5-2)32(33,34)15-6-16-41-25-11-7-22(8-12-25)17-21(3)24-19-27-26-13-9-23(10-14-29(38)39)18-28(26)37-31(35)30(27)36-20-24/h7-9,11-13,18-21H,4-6,10,14-17H2,1-3H3,(H2,35,37)(H,38,39). The SMILES string of the molecule is CCOP(=O)(OCC)C(F)(F)CCCOc1ccc(CC(C)c2cnc3c(N)nc4cc(CCC(=O)O)ccc4c3c2)cc1. The number of pyridine rings is 2. The third kappa shape index (κ3) is 7.88. The number of halogens is 2. The van der Waals surface area contributed by atoms with Crippen LogP contribution in [0.25, 0.3) is 21.8 Å². The number of aromatic nitrogens is 2. The van der Waals surface area contributed by atoms with Gasteiger partial charge in [0.25, 0.3) is 0 Å². The van der Waals surface area contributed by atoms with Gasteiger partial charge in [0.1, 0.15) is 11.3 Å². The highest BCUT2D eigenvalue weighted by atomic mass is 31.2. The molecular formula is C32H38F2N3O6P. The highest BCUT2D eigenvalue weighted by Gasteiger charge is 2.52. The molecular weight excluding hydrogens is 591 g/mol. The van der Waals surface area contributed by atoms with E-state index in [1.54, 1.807) is 18.3 Å². The molecule has 9 nitrogen and oxygen atoms in total. The van der Waals surface area contributed by atoms with Crippen molar-refractivity contribution in [3.8, 4) is 5.75 Å². The zero-order valence-electron chi connectivity index (χ0n) is 25.1. The van der Waals surface area contributed by atoms with Gasteiger partial charge < -0.3 is 24.6 Å². The Hall–Kier alpha value is -3.66. The number of hydrogen-bond acceptors (Lipinski definition) is 8. The highest BCUT2D eigenvalue weighted by Crippen LogP contribution is 2.63. The number of rotatable bonds is 16. The lowest BCUT2D eigenvalue weighted by atomic mass is 9.93. The molecule has 0 radical (unpaired) electrons. The number of nitrogen functional groups attached to an aromatic ring is 1. The predicted octanol–water partition coefficient (Wildman–Crippen LogP) is 7.75. The maximum absolute atomic E-state index is 14.5. The molecule has 0 saturated heterocycles. The molecule has 0 amide bonds. The number of ether oxygens (including phenoxy) is 1. The van der Waals surface area contributed by atoms with Crippen LogP contribution in [0.4, 0.5) is 14.6 Å². The van der Waals surface area contributed by atoms with Crippen molar-refractivity contribution in [2.75, 3.05) is 25.6 Å². The Morgan fingerprint density at radius 3 is 2.39 bits per heavy atom. The van der Waals surface area contributed by atoms with E-state index in [9.17, 15) is 18.1 Å². The fourth-order valence-electron chi connectivity index (χ4n) is 5.02. The second kappa shape index (κ2) is 14.4. The van der Waals surface area contributed by atoms with Crippen molar-refractivity contribution in [2.24, 2.45) is 0 Å². The van der Waals surface area contributed by atoms with E-state index >= 15 is 0 Å². The van der Waals surface area contributed by atoms with Crippen molar-refractivity contribution >= 4 is 41.2 Å². The summed E-state index contributed by atoms with van der Waals surface area (Å²) in [5.41, 5.74) is 6.91. The quantitative estimate of drug-likeness (QED) is 0.0725. The molecule has 0 fully saturated rings. The molecule has 0 bridgehead atoms. The molecule has 0 aliphatic heterocycles. The van der Waals surface area contributed by atoms with Gasteiger partial charge in [-0.1, -0.05) is 31.2 Å². The summed E-state index contributed by atoms with van der Waals surface area (Å²) in [6.45, 7) is 4.85. The largest absolute Gasteiger partial charge is 0.494 e. The van der Waals surface area contributed by atoms with Crippen molar-refractivity contribution < 1.29 is 37.0 Å². The molecule has 0 aliphatic rings. The van der Waals surface area contributed by atoms with Crippen LogP contribution in [0, 0.1) is 0 Å². The number of carboxylic acid groups (broad SMARTS) is 1. The van der Waals surface area contributed by atoms with Crippen molar-refractivity contribution in [3.05, 3.63) is 71.4 Å². The van der Waals surface area contributed by atoms with Gasteiger partial charge in [0.15, 0.2) is 5.82 Å². The number of fused-ring (bicyclic) bond motifs is 3. The molecule has 1 unspecified atom stereocenters. The fourth-order valence-corrected chi connectivity index (χ4v) is 6.58. The smallest absolute Gasteiger partial charge is 0.399 e. The van der Waals surface area contributed by atoms with Crippen LogP contribution < -0.4 is 10.5 Å². The average Bonchev–Trinajstić information content (AvgIpc) is 2.99. The highest BCUT2D eigenvalue weighted by molar-refractivity contribution is 7.55. The van der Waals surface area contributed by atoms with E-state index in [2.05, 4.69) is 23.0 Å². The van der Waals surface area contributed by atoms with Crippen LogP contribution in [0.3, 0.4) is 0 Å². The molecule has 44 heavy (non-hydrogen) atoms. The molecule has 236 valence electrons. The van der Waals surface area contributed by atoms with Crippen LogP contribution in [0.5, 0.6) is 5.75 Å². The predicted molar refractivity (Wildman–Crippen MR) is 167 cm³/mol. The van der Waals surface area contributed by atoms with Crippen molar-refractivity contribution in [2.45, 2.75) is 64.5 Å². The zero-order valence-corrected chi connectivity index (χ0v) is 26.0. The number of nitrogens with two attached hydrogens (primary N) is 1. The second-order valence-corrected chi connectivity index (χ2v) is 12.8. The Balaban J connectivity index is 1.39. The van der Waals surface area contributed by atoms with Gasteiger partial charge in [0, 0.05) is 29.8 Å². The lowest BCUT2D eigenvalue weighted by Gasteiger charge is -2.25. The number of benzene rings is 2. The van der Waals surface area contributed by atoms with Crippen molar-refractivity contribution in [1.29, 1.82) is 0 Å². The van der Waals surface area contributed by atoms with Gasteiger partial charge in [-0.3, -0.25) is 14.3 Å². The molecule has 4 rings (SSSR count). The van der Waals surface area contributed by atoms with Gasteiger partial charge >= 0.3 is 19.2 Å². The molecule has 0 saturated carbocycles. The minimum absolute atomic E-state index is 0.0246. The van der Waals surface area contributed by atoms with Gasteiger partial charge in [-0.2, -0.15) is 8.78 Å². The summed E-state index contributed by atoms with van der Waals surface area (Å²) in [5, 5.41) is 10.8. The molecule has 2 aromatic heterocycles. The summed E-state index contributed by atoms with van der Waals surface area (Å²) in [4.78, 5) is 20.1. The maximum Gasteiger partial charge on any atom is 0.399 e. The minimum atomic E-state index is -4.54. The molecule has 12 heteroatoms. The number of anilines is 1. The second-order valence-electron chi connectivity index (χ2n) is 10.6. The first-order chi connectivity index (χ1) is 21.0. The number of hydrogen-bond donors (Lipinski definition) is 2. The fraction of sp³-hybridized carbons (Fsp3) is 0.406.